The van der Waals surface area contributed by atoms with Crippen LogP contribution in [0.15, 0.2) is 22.9 Å². The second-order valence-electron chi connectivity index (χ2n) is 3.95. The van der Waals surface area contributed by atoms with E-state index in [0.717, 1.165) is 12.1 Å². The van der Waals surface area contributed by atoms with Gasteiger partial charge in [-0.1, -0.05) is 5.16 Å². The lowest BCUT2D eigenvalue weighted by molar-refractivity contribution is -0.137. The fraction of sp³-hybridized carbons (Fsp3) is 0.364. The summed E-state index contributed by atoms with van der Waals surface area (Å²) in [4.78, 5) is 7.61. The second kappa shape index (κ2) is 5.55. The van der Waals surface area contributed by atoms with Crippen molar-refractivity contribution in [1.29, 1.82) is 0 Å². The maximum Gasteiger partial charge on any atom is 0.417 e. The van der Waals surface area contributed by atoms with Crippen molar-refractivity contribution >= 4 is 0 Å². The number of aromatic nitrogens is 3. The highest BCUT2D eigenvalue weighted by Crippen LogP contribution is 2.29. The third kappa shape index (κ3) is 3.11. The van der Waals surface area contributed by atoms with Gasteiger partial charge in [-0.3, -0.25) is 4.98 Å². The van der Waals surface area contributed by atoms with E-state index >= 15 is 0 Å². The Labute approximate surface area is 111 Å². The standard InChI is InChI=1S/C11H11F3N4O2/c1-19-5-7(15)9-17-10(20-18-9)8-3-2-6(4-16-8)11(12,13)14/h2-4,7H,5,15H2,1H3. The average Bonchev–Trinajstić information content (AvgIpc) is 2.88. The van der Waals surface area contributed by atoms with Crippen molar-refractivity contribution in [2.24, 2.45) is 5.73 Å². The van der Waals surface area contributed by atoms with Crippen molar-refractivity contribution in [2.45, 2.75) is 12.2 Å². The summed E-state index contributed by atoms with van der Waals surface area (Å²) in [6, 6.07) is 1.47. The topological polar surface area (TPSA) is 87.1 Å². The van der Waals surface area contributed by atoms with Crippen molar-refractivity contribution in [2.75, 3.05) is 13.7 Å². The number of hydrogen-bond acceptors (Lipinski definition) is 6. The first-order valence-corrected chi connectivity index (χ1v) is 5.53. The fourth-order valence-electron chi connectivity index (χ4n) is 1.43. The minimum absolute atomic E-state index is 0.000257. The van der Waals surface area contributed by atoms with Crippen LogP contribution in [0.3, 0.4) is 0 Å². The van der Waals surface area contributed by atoms with E-state index < -0.39 is 17.8 Å². The Hall–Kier alpha value is -2.00. The van der Waals surface area contributed by atoms with Gasteiger partial charge in [-0.25, -0.2) is 0 Å². The van der Waals surface area contributed by atoms with Crippen LogP contribution in [0.1, 0.15) is 17.4 Å². The largest absolute Gasteiger partial charge is 0.417 e. The van der Waals surface area contributed by atoms with Crippen LogP contribution in [-0.2, 0) is 10.9 Å². The van der Waals surface area contributed by atoms with Gasteiger partial charge in [0.2, 0.25) is 0 Å². The number of methoxy groups -OCH3 is 1. The highest BCUT2D eigenvalue weighted by Gasteiger charge is 2.31. The number of ether oxygens (including phenoxy) is 1. The molecule has 2 N–H and O–H groups in total. The van der Waals surface area contributed by atoms with Crippen molar-refractivity contribution in [3.05, 3.63) is 29.7 Å². The summed E-state index contributed by atoms with van der Waals surface area (Å²) in [5.74, 6) is 0.198. The first kappa shape index (κ1) is 14.4. The van der Waals surface area contributed by atoms with Crippen LogP contribution >= 0.6 is 0 Å². The van der Waals surface area contributed by atoms with E-state index in [9.17, 15) is 13.2 Å². The normalized spacial score (nSPS) is 13.4. The number of alkyl halides is 3. The van der Waals surface area contributed by atoms with Gasteiger partial charge in [0.1, 0.15) is 5.69 Å². The molecule has 0 saturated carbocycles. The molecule has 1 unspecified atom stereocenters. The molecule has 0 aliphatic carbocycles. The molecule has 20 heavy (non-hydrogen) atoms. The predicted octanol–water partition coefficient (Wildman–Crippen LogP) is 1.80. The van der Waals surface area contributed by atoms with Crippen LogP contribution in [0.5, 0.6) is 0 Å². The van der Waals surface area contributed by atoms with Gasteiger partial charge in [0.15, 0.2) is 5.82 Å². The smallest absolute Gasteiger partial charge is 0.383 e. The van der Waals surface area contributed by atoms with E-state index in [1.165, 1.54) is 7.11 Å². The zero-order valence-electron chi connectivity index (χ0n) is 10.4. The molecule has 6 nitrogen and oxygen atoms in total. The van der Waals surface area contributed by atoms with E-state index in [2.05, 4.69) is 15.1 Å². The molecule has 0 radical (unpaired) electrons. The van der Waals surface area contributed by atoms with E-state index in [0.29, 0.717) is 6.20 Å². The molecule has 0 bridgehead atoms. The molecule has 2 rings (SSSR count). The number of pyridine rings is 1. The Morgan fingerprint density at radius 3 is 2.70 bits per heavy atom. The third-order valence-electron chi connectivity index (χ3n) is 2.43. The fourth-order valence-corrected chi connectivity index (χ4v) is 1.43. The van der Waals surface area contributed by atoms with Crippen LogP contribution in [0, 0.1) is 0 Å². The molecular weight excluding hydrogens is 277 g/mol. The van der Waals surface area contributed by atoms with Crippen molar-refractivity contribution in [3.63, 3.8) is 0 Å². The number of nitrogens with zero attached hydrogens (tertiary/aromatic N) is 3. The monoisotopic (exact) mass is 288 g/mol. The Balaban J connectivity index is 2.20. The maximum atomic E-state index is 12.4. The lowest BCUT2D eigenvalue weighted by atomic mass is 10.2. The number of halogens is 3. The van der Waals surface area contributed by atoms with E-state index in [-0.39, 0.29) is 24.0 Å². The molecule has 2 aromatic rings. The summed E-state index contributed by atoms with van der Waals surface area (Å²) in [5, 5.41) is 3.63. The molecule has 0 aliphatic rings. The Bertz CT molecular complexity index is 568. The third-order valence-corrected chi connectivity index (χ3v) is 2.43. The van der Waals surface area contributed by atoms with Gasteiger partial charge in [-0.15, -0.1) is 0 Å². The van der Waals surface area contributed by atoms with Crippen molar-refractivity contribution < 1.29 is 22.4 Å². The highest BCUT2D eigenvalue weighted by atomic mass is 19.4. The van der Waals surface area contributed by atoms with Gasteiger partial charge < -0.3 is 15.0 Å². The van der Waals surface area contributed by atoms with E-state index in [1.807, 2.05) is 0 Å². The molecule has 0 fully saturated rings. The minimum atomic E-state index is -4.44. The summed E-state index contributed by atoms with van der Waals surface area (Å²) in [5.41, 5.74) is 4.99. The lowest BCUT2D eigenvalue weighted by Gasteiger charge is -2.05. The summed E-state index contributed by atoms with van der Waals surface area (Å²) >= 11 is 0. The molecule has 0 aliphatic heterocycles. The van der Waals surface area contributed by atoms with Gasteiger partial charge in [0.05, 0.1) is 18.2 Å². The van der Waals surface area contributed by atoms with Crippen LogP contribution in [-0.4, -0.2) is 28.8 Å². The summed E-state index contributed by atoms with van der Waals surface area (Å²) in [6.45, 7) is 0.194. The van der Waals surface area contributed by atoms with Crippen LogP contribution in [0.25, 0.3) is 11.6 Å². The average molecular weight is 288 g/mol. The number of hydrogen-bond donors (Lipinski definition) is 1. The summed E-state index contributed by atoms with van der Waals surface area (Å²) in [7, 11) is 1.47. The van der Waals surface area contributed by atoms with Gasteiger partial charge in [-0.2, -0.15) is 18.2 Å². The summed E-state index contributed by atoms with van der Waals surface area (Å²) < 4.78 is 46.9. The molecule has 108 valence electrons. The molecule has 0 saturated heterocycles. The van der Waals surface area contributed by atoms with Crippen molar-refractivity contribution in [1.82, 2.24) is 15.1 Å². The zero-order valence-corrected chi connectivity index (χ0v) is 10.4. The van der Waals surface area contributed by atoms with Gasteiger partial charge >= 0.3 is 6.18 Å². The zero-order chi connectivity index (χ0) is 14.8. The molecule has 0 aromatic carbocycles. The minimum Gasteiger partial charge on any atom is -0.383 e. The molecule has 0 amide bonds. The van der Waals surface area contributed by atoms with E-state index in [1.54, 1.807) is 0 Å². The van der Waals surface area contributed by atoms with Crippen LogP contribution < -0.4 is 5.73 Å². The van der Waals surface area contributed by atoms with Crippen molar-refractivity contribution in [3.8, 4) is 11.6 Å². The molecule has 9 heteroatoms. The van der Waals surface area contributed by atoms with Gasteiger partial charge in [0, 0.05) is 13.3 Å². The molecule has 2 heterocycles. The summed E-state index contributed by atoms with van der Waals surface area (Å²) in [6.07, 6.45) is -3.74. The SMILES string of the molecule is COCC(N)c1noc(-c2ccc(C(F)(F)F)cn2)n1. The highest BCUT2D eigenvalue weighted by molar-refractivity contribution is 5.46. The Morgan fingerprint density at radius 1 is 1.40 bits per heavy atom. The van der Waals surface area contributed by atoms with Gasteiger partial charge in [-0.05, 0) is 12.1 Å². The van der Waals surface area contributed by atoms with E-state index in [4.69, 9.17) is 15.0 Å². The molecule has 1 atom stereocenters. The predicted molar refractivity (Wildman–Crippen MR) is 61.3 cm³/mol. The Morgan fingerprint density at radius 2 is 2.15 bits per heavy atom. The quantitative estimate of drug-likeness (QED) is 0.923. The first-order valence-electron chi connectivity index (χ1n) is 5.53. The molecule has 2 aromatic heterocycles. The number of nitrogens with two attached hydrogens (primary N) is 1. The van der Waals surface area contributed by atoms with Crippen LogP contribution in [0.2, 0.25) is 0 Å². The second-order valence-corrected chi connectivity index (χ2v) is 3.95. The van der Waals surface area contributed by atoms with Gasteiger partial charge in [0.25, 0.3) is 5.89 Å². The lowest BCUT2D eigenvalue weighted by Crippen LogP contribution is -2.17. The first-order chi connectivity index (χ1) is 9.41. The maximum absolute atomic E-state index is 12.4. The molecular formula is C11H11F3N4O2. The molecule has 0 spiro atoms. The number of rotatable bonds is 4. The van der Waals surface area contributed by atoms with Crippen LogP contribution in [0.4, 0.5) is 13.2 Å². The Kier molecular flexibility index (Phi) is 4.00.